The molecule has 38 heavy (non-hydrogen) atoms. The highest BCUT2D eigenvalue weighted by Crippen LogP contribution is 2.34. The second-order valence-corrected chi connectivity index (χ2v) is 9.83. The molecule has 13 heteroatoms. The zero-order chi connectivity index (χ0) is 27.6. The van der Waals surface area contributed by atoms with Crippen LogP contribution in [0.1, 0.15) is 33.3 Å². The Morgan fingerprint density at radius 1 is 1.05 bits per heavy atom. The van der Waals surface area contributed by atoms with Crippen LogP contribution in [0.25, 0.3) is 22.1 Å². The molecular formula is C25H19N5O7S. The quantitative estimate of drug-likeness (QED) is 0.276. The molecule has 4 rings (SSSR count). The maximum Gasteiger partial charge on any atom is 0.337 e. The van der Waals surface area contributed by atoms with Crippen LogP contribution in [0.2, 0.25) is 0 Å². The number of fused-ring (bicyclic) bond motifs is 1. The standard InChI is InChI=1S/C25H19N5O7S/c1-13(31)28-16-5-3-4-15(9-16)17-10-21-19(11-22(17)38(35,36)27-2)23(30-37-21)24(32)29-20-7-6-14(12-26)8-18(20)25(33)34/h3-11,27H,1-2H3,(H,28,31)(H,29,32)(H,33,34). The number of hydrogen-bond donors (Lipinski definition) is 4. The largest absolute Gasteiger partial charge is 0.478 e. The summed E-state index contributed by atoms with van der Waals surface area (Å²) in [7, 11) is -2.82. The minimum atomic E-state index is -4.06. The number of nitrogens with one attached hydrogen (secondary N) is 3. The van der Waals surface area contributed by atoms with Gasteiger partial charge in [0.05, 0.1) is 33.2 Å². The van der Waals surface area contributed by atoms with E-state index in [-0.39, 0.29) is 49.8 Å². The second-order valence-electron chi connectivity index (χ2n) is 7.98. The Hall–Kier alpha value is -5.06. The van der Waals surface area contributed by atoms with Crippen LogP contribution in [0.4, 0.5) is 11.4 Å². The van der Waals surface area contributed by atoms with Crippen molar-refractivity contribution in [2.45, 2.75) is 11.8 Å². The molecule has 4 aromatic rings. The molecule has 1 heterocycles. The van der Waals surface area contributed by atoms with Gasteiger partial charge in [-0.25, -0.2) is 17.9 Å². The van der Waals surface area contributed by atoms with Gasteiger partial charge in [-0.2, -0.15) is 5.26 Å². The number of nitrogens with zero attached hydrogens (tertiary/aromatic N) is 2. The molecule has 0 saturated carbocycles. The molecule has 0 unspecified atom stereocenters. The number of hydrogen-bond acceptors (Lipinski definition) is 8. The van der Waals surface area contributed by atoms with Gasteiger partial charge in [-0.3, -0.25) is 9.59 Å². The third-order valence-corrected chi connectivity index (χ3v) is 6.92. The molecule has 12 nitrogen and oxygen atoms in total. The Morgan fingerprint density at radius 3 is 2.47 bits per heavy atom. The molecule has 3 aromatic carbocycles. The van der Waals surface area contributed by atoms with Gasteiger partial charge >= 0.3 is 5.97 Å². The van der Waals surface area contributed by atoms with Crippen LogP contribution in [0.5, 0.6) is 0 Å². The molecule has 0 aliphatic carbocycles. The number of aromatic carboxylic acids is 1. The minimum Gasteiger partial charge on any atom is -0.478 e. The van der Waals surface area contributed by atoms with Crippen LogP contribution in [0, 0.1) is 11.3 Å². The summed E-state index contributed by atoms with van der Waals surface area (Å²) in [6.07, 6.45) is 0. The van der Waals surface area contributed by atoms with Crippen LogP contribution >= 0.6 is 0 Å². The van der Waals surface area contributed by atoms with E-state index in [4.69, 9.17) is 9.78 Å². The van der Waals surface area contributed by atoms with E-state index in [0.29, 0.717) is 11.3 Å². The van der Waals surface area contributed by atoms with Gasteiger partial charge in [-0.15, -0.1) is 0 Å². The van der Waals surface area contributed by atoms with Crippen molar-refractivity contribution >= 4 is 50.2 Å². The molecule has 0 radical (unpaired) electrons. The lowest BCUT2D eigenvalue weighted by molar-refractivity contribution is -0.114. The molecule has 0 spiro atoms. The molecule has 0 aliphatic heterocycles. The number of amides is 2. The predicted octanol–water partition coefficient (Wildman–Crippen LogP) is 3.18. The van der Waals surface area contributed by atoms with Gasteiger partial charge in [0.15, 0.2) is 11.3 Å². The lowest BCUT2D eigenvalue weighted by Crippen LogP contribution is -2.20. The van der Waals surface area contributed by atoms with E-state index in [1.54, 1.807) is 24.3 Å². The fourth-order valence-corrected chi connectivity index (χ4v) is 4.69. The number of carboxylic acid groups (broad SMARTS) is 1. The lowest BCUT2D eigenvalue weighted by atomic mass is 10.0. The fourth-order valence-electron chi connectivity index (χ4n) is 3.74. The first-order valence-electron chi connectivity index (χ1n) is 10.9. The van der Waals surface area contributed by atoms with Gasteiger partial charge in [-0.05, 0) is 55.1 Å². The normalized spacial score (nSPS) is 11.1. The molecule has 1 aromatic heterocycles. The van der Waals surface area contributed by atoms with Gasteiger partial charge in [0, 0.05) is 18.2 Å². The molecule has 192 valence electrons. The SMILES string of the molecule is CNS(=O)(=O)c1cc2c(C(=O)Nc3ccc(C#N)cc3C(=O)O)noc2cc1-c1cccc(NC(C)=O)c1. The highest BCUT2D eigenvalue weighted by Gasteiger charge is 2.25. The van der Waals surface area contributed by atoms with Crippen molar-refractivity contribution in [2.75, 3.05) is 17.7 Å². The molecule has 0 bridgehead atoms. The van der Waals surface area contributed by atoms with Crippen LogP contribution in [0.3, 0.4) is 0 Å². The summed E-state index contributed by atoms with van der Waals surface area (Å²) in [6.45, 7) is 1.34. The predicted molar refractivity (Wildman–Crippen MR) is 136 cm³/mol. The Balaban J connectivity index is 1.83. The maximum absolute atomic E-state index is 13.1. The molecule has 0 fully saturated rings. The Labute approximate surface area is 215 Å². The topological polar surface area (TPSA) is 191 Å². The van der Waals surface area contributed by atoms with E-state index in [1.807, 2.05) is 6.07 Å². The van der Waals surface area contributed by atoms with Gasteiger partial charge in [-0.1, -0.05) is 17.3 Å². The van der Waals surface area contributed by atoms with E-state index >= 15 is 0 Å². The Bertz CT molecular complexity index is 1770. The molecule has 0 atom stereocenters. The van der Waals surface area contributed by atoms with E-state index in [1.165, 1.54) is 38.2 Å². The third kappa shape index (κ3) is 5.07. The number of benzene rings is 3. The van der Waals surface area contributed by atoms with Crippen molar-refractivity contribution in [1.82, 2.24) is 9.88 Å². The molecule has 2 amide bonds. The van der Waals surface area contributed by atoms with Crippen molar-refractivity contribution in [3.05, 3.63) is 71.4 Å². The van der Waals surface area contributed by atoms with Crippen LogP contribution in [-0.2, 0) is 14.8 Å². The first-order chi connectivity index (χ1) is 18.0. The van der Waals surface area contributed by atoms with Gasteiger partial charge in [0.1, 0.15) is 0 Å². The summed E-state index contributed by atoms with van der Waals surface area (Å²) >= 11 is 0. The number of carbonyl (C=O) groups excluding carboxylic acids is 2. The van der Waals surface area contributed by atoms with Gasteiger partial charge in [0.2, 0.25) is 15.9 Å². The lowest BCUT2D eigenvalue weighted by Gasteiger charge is -2.12. The van der Waals surface area contributed by atoms with Crippen molar-refractivity contribution in [3.63, 3.8) is 0 Å². The smallest absolute Gasteiger partial charge is 0.337 e. The third-order valence-electron chi connectivity index (χ3n) is 5.47. The molecule has 0 saturated heterocycles. The number of rotatable bonds is 7. The first-order valence-corrected chi connectivity index (χ1v) is 12.4. The monoisotopic (exact) mass is 533 g/mol. The summed E-state index contributed by atoms with van der Waals surface area (Å²) < 4.78 is 33.5. The summed E-state index contributed by atoms with van der Waals surface area (Å²) in [4.78, 5) is 36.0. The van der Waals surface area contributed by atoms with E-state index < -0.39 is 21.9 Å². The minimum absolute atomic E-state index is 0.0589. The van der Waals surface area contributed by atoms with E-state index in [0.717, 1.165) is 6.07 Å². The number of aromatic nitrogens is 1. The number of nitriles is 1. The van der Waals surface area contributed by atoms with Crippen LogP contribution in [-0.4, -0.2) is 43.5 Å². The number of sulfonamides is 1. The van der Waals surface area contributed by atoms with E-state index in [2.05, 4.69) is 20.5 Å². The summed E-state index contributed by atoms with van der Waals surface area (Å²) in [5.74, 6) is -2.53. The molecular weight excluding hydrogens is 514 g/mol. The average molecular weight is 534 g/mol. The number of anilines is 2. The van der Waals surface area contributed by atoms with Gasteiger partial charge in [0.25, 0.3) is 5.91 Å². The molecule has 4 N–H and O–H groups in total. The number of carbonyl (C=O) groups is 3. The average Bonchev–Trinajstić information content (AvgIpc) is 3.31. The van der Waals surface area contributed by atoms with Gasteiger partial charge < -0.3 is 20.3 Å². The Kier molecular flexibility index (Phi) is 6.94. The zero-order valence-electron chi connectivity index (χ0n) is 19.9. The second kappa shape index (κ2) is 10.1. The van der Waals surface area contributed by atoms with Crippen molar-refractivity contribution in [3.8, 4) is 17.2 Å². The van der Waals surface area contributed by atoms with Crippen LogP contribution < -0.4 is 15.4 Å². The number of carboxylic acids is 1. The Morgan fingerprint density at radius 2 is 1.82 bits per heavy atom. The van der Waals surface area contributed by atoms with Crippen LogP contribution in [0.15, 0.2) is 64.0 Å². The zero-order valence-corrected chi connectivity index (χ0v) is 20.7. The highest BCUT2D eigenvalue weighted by atomic mass is 32.2. The highest BCUT2D eigenvalue weighted by molar-refractivity contribution is 7.89. The van der Waals surface area contributed by atoms with E-state index in [9.17, 15) is 27.9 Å². The van der Waals surface area contributed by atoms with Crippen molar-refractivity contribution in [1.29, 1.82) is 5.26 Å². The summed E-state index contributed by atoms with van der Waals surface area (Å²) in [5.41, 5.74) is 0.592. The fraction of sp³-hybridized carbons (Fsp3) is 0.0800. The maximum atomic E-state index is 13.1. The van der Waals surface area contributed by atoms with Crippen molar-refractivity contribution < 1.29 is 32.4 Å². The molecule has 0 aliphatic rings. The first kappa shape index (κ1) is 26.0. The summed E-state index contributed by atoms with van der Waals surface area (Å²) in [6, 6.07) is 14.7. The summed E-state index contributed by atoms with van der Waals surface area (Å²) in [5, 5.41) is 27.4. The van der Waals surface area contributed by atoms with Crippen molar-refractivity contribution in [2.24, 2.45) is 0 Å².